The highest BCUT2D eigenvalue weighted by Crippen LogP contribution is 2.50. The van der Waals surface area contributed by atoms with Gasteiger partial charge in [-0.05, 0) is 50.7 Å². The van der Waals surface area contributed by atoms with E-state index in [2.05, 4.69) is 11.4 Å². The topological polar surface area (TPSA) is 77.1 Å². The van der Waals surface area contributed by atoms with Crippen molar-refractivity contribution in [2.75, 3.05) is 39.5 Å². The first-order valence-electron chi connectivity index (χ1n) is 11.3. The Morgan fingerprint density at radius 1 is 1.23 bits per heavy atom. The summed E-state index contributed by atoms with van der Waals surface area (Å²) in [5.74, 6) is 1.58. The molecule has 3 aliphatic rings. The van der Waals surface area contributed by atoms with E-state index in [9.17, 15) is 9.59 Å². The summed E-state index contributed by atoms with van der Waals surface area (Å²) in [6.45, 7) is 9.59. The first-order chi connectivity index (χ1) is 14.8. The third kappa shape index (κ3) is 4.97. The van der Waals surface area contributed by atoms with Crippen molar-refractivity contribution in [1.82, 2.24) is 10.2 Å². The lowest BCUT2D eigenvalue weighted by atomic mass is 9.62. The Hall–Kier alpha value is -2.28. The monoisotopic (exact) mass is 430 g/mol. The van der Waals surface area contributed by atoms with Gasteiger partial charge in [0.25, 0.3) is 0 Å². The second kappa shape index (κ2) is 8.69. The van der Waals surface area contributed by atoms with Crippen LogP contribution in [0.2, 0.25) is 0 Å². The molecule has 1 N–H and O–H groups in total. The number of para-hydroxylation sites is 1. The SMILES string of the molecule is CC(C)(C)OC(=O)N1CCC2(CC1)CC(=O)NCC2c1ccccc1OCC1COC1. The van der Waals surface area contributed by atoms with E-state index >= 15 is 0 Å². The number of benzene rings is 1. The Morgan fingerprint density at radius 3 is 2.58 bits per heavy atom. The van der Waals surface area contributed by atoms with Crippen molar-refractivity contribution in [3.05, 3.63) is 29.8 Å². The second-order valence-electron chi connectivity index (χ2n) is 10.1. The standard InChI is InChI=1S/C24H34N2O5/c1-23(2,3)31-22(28)26-10-8-24(9-11-26)12-21(27)25-13-19(24)18-6-4-5-7-20(18)30-16-17-14-29-15-17/h4-7,17,19H,8-16H2,1-3H3,(H,25,27). The summed E-state index contributed by atoms with van der Waals surface area (Å²) in [7, 11) is 0. The number of rotatable bonds is 4. The van der Waals surface area contributed by atoms with E-state index in [1.165, 1.54) is 0 Å². The molecule has 170 valence electrons. The van der Waals surface area contributed by atoms with Crippen LogP contribution in [-0.4, -0.2) is 62.0 Å². The van der Waals surface area contributed by atoms with Crippen LogP contribution in [0.1, 0.15) is 51.5 Å². The van der Waals surface area contributed by atoms with Gasteiger partial charge in [-0.3, -0.25) is 4.79 Å². The minimum atomic E-state index is -0.513. The minimum Gasteiger partial charge on any atom is -0.493 e. The van der Waals surface area contributed by atoms with Crippen molar-refractivity contribution in [2.24, 2.45) is 11.3 Å². The smallest absolute Gasteiger partial charge is 0.410 e. The van der Waals surface area contributed by atoms with Crippen molar-refractivity contribution in [3.63, 3.8) is 0 Å². The van der Waals surface area contributed by atoms with Crippen molar-refractivity contribution in [2.45, 2.75) is 51.6 Å². The maximum atomic E-state index is 12.5. The van der Waals surface area contributed by atoms with Crippen LogP contribution in [0.4, 0.5) is 4.79 Å². The molecule has 7 nitrogen and oxygen atoms in total. The van der Waals surface area contributed by atoms with Gasteiger partial charge >= 0.3 is 6.09 Å². The Bertz CT molecular complexity index is 806. The Balaban J connectivity index is 1.50. The molecule has 3 heterocycles. The van der Waals surface area contributed by atoms with Gasteiger partial charge in [0.1, 0.15) is 11.4 Å². The Kier molecular flexibility index (Phi) is 6.15. The van der Waals surface area contributed by atoms with E-state index in [4.69, 9.17) is 14.2 Å². The van der Waals surface area contributed by atoms with Gasteiger partial charge in [-0.1, -0.05) is 18.2 Å². The normalized spacial score (nSPS) is 23.8. The van der Waals surface area contributed by atoms with Crippen LogP contribution >= 0.6 is 0 Å². The van der Waals surface area contributed by atoms with Crippen molar-refractivity contribution >= 4 is 12.0 Å². The number of piperidine rings is 2. The van der Waals surface area contributed by atoms with Crippen molar-refractivity contribution in [1.29, 1.82) is 0 Å². The molecule has 3 saturated heterocycles. The van der Waals surface area contributed by atoms with Crippen molar-refractivity contribution in [3.8, 4) is 5.75 Å². The van der Waals surface area contributed by atoms with Gasteiger partial charge in [-0.2, -0.15) is 0 Å². The van der Waals surface area contributed by atoms with Gasteiger partial charge in [0.2, 0.25) is 5.91 Å². The summed E-state index contributed by atoms with van der Waals surface area (Å²) >= 11 is 0. The number of amides is 2. The maximum Gasteiger partial charge on any atom is 0.410 e. The molecule has 1 aromatic rings. The number of likely N-dealkylation sites (tertiary alicyclic amines) is 1. The van der Waals surface area contributed by atoms with E-state index in [0.717, 1.165) is 37.4 Å². The molecule has 31 heavy (non-hydrogen) atoms. The fourth-order valence-corrected chi connectivity index (χ4v) is 4.85. The van der Waals surface area contributed by atoms with Gasteiger partial charge in [0, 0.05) is 37.9 Å². The molecule has 0 bridgehead atoms. The third-order valence-corrected chi connectivity index (χ3v) is 6.64. The first kappa shape index (κ1) is 21.9. The van der Waals surface area contributed by atoms with Crippen LogP contribution < -0.4 is 10.1 Å². The summed E-state index contributed by atoms with van der Waals surface area (Å²) in [6.07, 6.45) is 1.75. The lowest BCUT2D eigenvalue weighted by Gasteiger charge is -2.49. The molecular formula is C24H34N2O5. The van der Waals surface area contributed by atoms with Gasteiger partial charge in [0.15, 0.2) is 0 Å². The molecule has 7 heteroatoms. The fourth-order valence-electron chi connectivity index (χ4n) is 4.85. The maximum absolute atomic E-state index is 12.5. The molecule has 0 saturated carbocycles. The average Bonchev–Trinajstić information content (AvgIpc) is 2.67. The number of nitrogens with zero attached hydrogens (tertiary/aromatic N) is 1. The molecule has 2 amide bonds. The van der Waals surface area contributed by atoms with Crippen molar-refractivity contribution < 1.29 is 23.8 Å². The number of ether oxygens (including phenoxy) is 3. The Labute approximate surface area is 184 Å². The lowest BCUT2D eigenvalue weighted by Crippen LogP contribution is -2.53. The molecule has 1 unspecified atom stereocenters. The molecule has 4 rings (SSSR count). The molecule has 3 fully saturated rings. The lowest BCUT2D eigenvalue weighted by molar-refractivity contribution is -0.128. The zero-order valence-corrected chi connectivity index (χ0v) is 18.8. The summed E-state index contributed by atoms with van der Waals surface area (Å²) in [5.41, 5.74) is 0.453. The molecule has 1 aromatic carbocycles. The minimum absolute atomic E-state index is 0.0898. The number of hydrogen-bond acceptors (Lipinski definition) is 5. The number of carbonyl (C=O) groups excluding carboxylic acids is 2. The fraction of sp³-hybridized carbons (Fsp3) is 0.667. The van der Waals surface area contributed by atoms with Crippen LogP contribution in [0.15, 0.2) is 24.3 Å². The molecule has 1 spiro atoms. The number of nitrogens with one attached hydrogen (secondary N) is 1. The first-order valence-corrected chi connectivity index (χ1v) is 11.3. The molecule has 3 aliphatic heterocycles. The number of carbonyl (C=O) groups is 2. The zero-order valence-electron chi connectivity index (χ0n) is 18.8. The molecular weight excluding hydrogens is 396 g/mol. The third-order valence-electron chi connectivity index (χ3n) is 6.64. The van der Waals surface area contributed by atoms with E-state index in [-0.39, 0.29) is 23.3 Å². The predicted octanol–water partition coefficient (Wildman–Crippen LogP) is 3.33. The van der Waals surface area contributed by atoms with Crippen LogP contribution in [0.25, 0.3) is 0 Å². The highest BCUT2D eigenvalue weighted by Gasteiger charge is 2.48. The second-order valence-corrected chi connectivity index (χ2v) is 10.1. The predicted molar refractivity (Wildman–Crippen MR) is 116 cm³/mol. The summed E-state index contributed by atoms with van der Waals surface area (Å²) in [6, 6.07) is 8.18. The largest absolute Gasteiger partial charge is 0.493 e. The van der Waals surface area contributed by atoms with Crippen LogP contribution in [0, 0.1) is 11.3 Å². The van der Waals surface area contributed by atoms with E-state index < -0.39 is 5.60 Å². The quantitative estimate of drug-likeness (QED) is 0.793. The van der Waals surface area contributed by atoms with Crippen LogP contribution in [0.5, 0.6) is 5.75 Å². The summed E-state index contributed by atoms with van der Waals surface area (Å²) in [4.78, 5) is 26.7. The van der Waals surface area contributed by atoms with Gasteiger partial charge in [-0.15, -0.1) is 0 Å². The highest BCUT2D eigenvalue weighted by molar-refractivity contribution is 5.78. The molecule has 0 aromatic heterocycles. The molecule has 1 atom stereocenters. The highest BCUT2D eigenvalue weighted by atomic mass is 16.6. The van der Waals surface area contributed by atoms with Crippen LogP contribution in [-0.2, 0) is 14.3 Å². The van der Waals surface area contributed by atoms with Crippen LogP contribution in [0.3, 0.4) is 0 Å². The van der Waals surface area contributed by atoms with Gasteiger partial charge < -0.3 is 24.4 Å². The van der Waals surface area contributed by atoms with E-state index in [0.29, 0.717) is 38.6 Å². The van der Waals surface area contributed by atoms with Gasteiger partial charge in [-0.25, -0.2) is 4.79 Å². The molecule has 0 radical (unpaired) electrons. The average molecular weight is 431 g/mol. The molecule has 0 aliphatic carbocycles. The zero-order chi connectivity index (χ0) is 22.1. The van der Waals surface area contributed by atoms with E-state index in [1.807, 2.05) is 39.0 Å². The van der Waals surface area contributed by atoms with E-state index in [1.54, 1.807) is 4.90 Å². The Morgan fingerprint density at radius 2 is 1.94 bits per heavy atom. The van der Waals surface area contributed by atoms with Gasteiger partial charge in [0.05, 0.1) is 19.8 Å². The summed E-state index contributed by atoms with van der Waals surface area (Å²) in [5, 5.41) is 3.06. The summed E-state index contributed by atoms with van der Waals surface area (Å²) < 4.78 is 17.0. The number of hydrogen-bond donors (Lipinski definition) is 1.